The molecular weight excluding hydrogens is 184 g/mol. The second-order valence-corrected chi connectivity index (χ2v) is 3.41. The molecule has 0 spiro atoms. The molecule has 78 valence electrons. The second-order valence-electron chi connectivity index (χ2n) is 3.41. The molecule has 0 unspecified atom stereocenters. The van der Waals surface area contributed by atoms with E-state index in [9.17, 15) is 8.78 Å². The summed E-state index contributed by atoms with van der Waals surface area (Å²) in [6.07, 6.45) is 2.62. The number of hydrogen-bond donors (Lipinski definition) is 1. The van der Waals surface area contributed by atoms with Crippen LogP contribution in [0.15, 0.2) is 18.2 Å². The van der Waals surface area contributed by atoms with Crippen molar-refractivity contribution in [3.63, 3.8) is 0 Å². The van der Waals surface area contributed by atoms with Crippen LogP contribution in [-0.4, -0.2) is 0 Å². The maximum atomic E-state index is 13.2. The van der Waals surface area contributed by atoms with Crippen molar-refractivity contribution in [2.75, 3.05) is 0 Å². The van der Waals surface area contributed by atoms with Crippen LogP contribution in [0.4, 0.5) is 8.78 Å². The molecular formula is C11H15F2N. The van der Waals surface area contributed by atoms with Crippen LogP contribution in [0.2, 0.25) is 0 Å². The van der Waals surface area contributed by atoms with Gasteiger partial charge in [0.25, 0.3) is 0 Å². The van der Waals surface area contributed by atoms with Gasteiger partial charge in [-0.15, -0.1) is 0 Å². The number of unbranched alkanes of at least 4 members (excludes halogenated alkanes) is 1. The van der Waals surface area contributed by atoms with Crippen LogP contribution in [0.25, 0.3) is 0 Å². The molecule has 0 heterocycles. The quantitative estimate of drug-likeness (QED) is 0.792. The van der Waals surface area contributed by atoms with Gasteiger partial charge in [0.2, 0.25) is 0 Å². The van der Waals surface area contributed by atoms with Gasteiger partial charge in [0.05, 0.1) is 0 Å². The predicted molar refractivity (Wildman–Crippen MR) is 52.8 cm³/mol. The molecule has 14 heavy (non-hydrogen) atoms. The van der Waals surface area contributed by atoms with E-state index in [1.807, 2.05) is 6.92 Å². The third-order valence-corrected chi connectivity index (χ3v) is 2.23. The molecule has 1 aromatic rings. The number of nitrogens with two attached hydrogens (primary N) is 1. The number of hydrogen-bond acceptors (Lipinski definition) is 1. The fourth-order valence-corrected chi connectivity index (χ4v) is 1.38. The summed E-state index contributed by atoms with van der Waals surface area (Å²) in [6, 6.07) is 3.00. The molecule has 0 fully saturated rings. The van der Waals surface area contributed by atoms with Crippen LogP contribution < -0.4 is 5.73 Å². The molecule has 0 saturated carbocycles. The van der Waals surface area contributed by atoms with E-state index >= 15 is 0 Å². The third kappa shape index (κ3) is 2.77. The van der Waals surface area contributed by atoms with Gasteiger partial charge >= 0.3 is 0 Å². The topological polar surface area (TPSA) is 26.0 Å². The van der Waals surface area contributed by atoms with E-state index in [-0.39, 0.29) is 5.56 Å². The largest absolute Gasteiger partial charge is 0.324 e. The van der Waals surface area contributed by atoms with Gasteiger partial charge < -0.3 is 5.73 Å². The molecule has 1 rings (SSSR count). The van der Waals surface area contributed by atoms with E-state index in [2.05, 4.69) is 0 Å². The molecule has 0 aliphatic rings. The Morgan fingerprint density at radius 3 is 2.71 bits per heavy atom. The average molecular weight is 199 g/mol. The third-order valence-electron chi connectivity index (χ3n) is 2.23. The Labute approximate surface area is 82.9 Å². The summed E-state index contributed by atoms with van der Waals surface area (Å²) in [7, 11) is 0. The first-order valence-corrected chi connectivity index (χ1v) is 4.85. The lowest BCUT2D eigenvalue weighted by Gasteiger charge is -2.12. The van der Waals surface area contributed by atoms with Crippen LogP contribution >= 0.6 is 0 Å². The van der Waals surface area contributed by atoms with Crippen LogP contribution in [0.5, 0.6) is 0 Å². The SMILES string of the molecule is CCCC[C@H](N)c1cc(F)ccc1F. The van der Waals surface area contributed by atoms with Gasteiger partial charge in [0.15, 0.2) is 0 Å². The minimum atomic E-state index is -0.437. The summed E-state index contributed by atoms with van der Waals surface area (Å²) in [5, 5.41) is 0. The fourth-order valence-electron chi connectivity index (χ4n) is 1.38. The smallest absolute Gasteiger partial charge is 0.128 e. The normalized spacial score (nSPS) is 12.9. The molecule has 0 saturated heterocycles. The van der Waals surface area contributed by atoms with E-state index in [1.54, 1.807) is 0 Å². The van der Waals surface area contributed by atoms with Gasteiger partial charge in [-0.05, 0) is 24.6 Å². The minimum Gasteiger partial charge on any atom is -0.324 e. The maximum absolute atomic E-state index is 13.2. The molecule has 1 aromatic carbocycles. The molecule has 1 atom stereocenters. The van der Waals surface area contributed by atoms with E-state index in [4.69, 9.17) is 5.73 Å². The summed E-state index contributed by atoms with van der Waals surface area (Å²) in [6.45, 7) is 2.04. The Kier molecular flexibility index (Phi) is 4.01. The summed E-state index contributed by atoms with van der Waals surface area (Å²) >= 11 is 0. The van der Waals surface area contributed by atoms with Crippen molar-refractivity contribution in [2.24, 2.45) is 5.73 Å². The molecule has 0 amide bonds. The number of benzene rings is 1. The highest BCUT2D eigenvalue weighted by Crippen LogP contribution is 2.20. The van der Waals surface area contributed by atoms with E-state index in [0.29, 0.717) is 6.42 Å². The first-order valence-electron chi connectivity index (χ1n) is 4.85. The standard InChI is InChI=1S/C11H15F2N/c1-2-3-4-11(14)9-7-8(12)5-6-10(9)13/h5-7,11H,2-4,14H2,1H3/t11-/m0/s1. The maximum Gasteiger partial charge on any atom is 0.128 e. The van der Waals surface area contributed by atoms with Crippen molar-refractivity contribution in [3.8, 4) is 0 Å². The lowest BCUT2D eigenvalue weighted by Crippen LogP contribution is -2.12. The van der Waals surface area contributed by atoms with E-state index in [0.717, 1.165) is 25.0 Å². The Hall–Kier alpha value is -0.960. The zero-order valence-electron chi connectivity index (χ0n) is 8.26. The van der Waals surface area contributed by atoms with Gasteiger partial charge in [0, 0.05) is 11.6 Å². The van der Waals surface area contributed by atoms with Crippen molar-refractivity contribution in [1.82, 2.24) is 0 Å². The van der Waals surface area contributed by atoms with Gasteiger partial charge in [-0.2, -0.15) is 0 Å². The first-order chi connectivity index (χ1) is 6.65. The van der Waals surface area contributed by atoms with Crippen molar-refractivity contribution < 1.29 is 8.78 Å². The highest BCUT2D eigenvalue weighted by atomic mass is 19.1. The monoisotopic (exact) mass is 199 g/mol. The van der Waals surface area contributed by atoms with Crippen LogP contribution in [0.3, 0.4) is 0 Å². The molecule has 0 aromatic heterocycles. The molecule has 2 N–H and O–H groups in total. The predicted octanol–water partition coefficient (Wildman–Crippen LogP) is 3.15. The van der Waals surface area contributed by atoms with Crippen molar-refractivity contribution in [3.05, 3.63) is 35.4 Å². The van der Waals surface area contributed by atoms with Crippen molar-refractivity contribution in [2.45, 2.75) is 32.2 Å². The van der Waals surface area contributed by atoms with E-state index < -0.39 is 17.7 Å². The Balaban J connectivity index is 2.77. The van der Waals surface area contributed by atoms with Crippen molar-refractivity contribution >= 4 is 0 Å². The zero-order valence-corrected chi connectivity index (χ0v) is 8.26. The summed E-state index contributed by atoms with van der Waals surface area (Å²) in [5.74, 6) is -0.858. The molecule has 0 aliphatic carbocycles. The van der Waals surface area contributed by atoms with Gasteiger partial charge in [-0.1, -0.05) is 19.8 Å². The first kappa shape index (κ1) is 11.1. The molecule has 1 nitrogen and oxygen atoms in total. The van der Waals surface area contributed by atoms with Crippen LogP contribution in [0, 0.1) is 11.6 Å². The lowest BCUT2D eigenvalue weighted by atomic mass is 10.0. The van der Waals surface area contributed by atoms with Gasteiger partial charge in [-0.3, -0.25) is 0 Å². The zero-order chi connectivity index (χ0) is 10.6. The van der Waals surface area contributed by atoms with E-state index in [1.165, 1.54) is 6.07 Å². The number of halogens is 2. The van der Waals surface area contributed by atoms with Gasteiger partial charge in [-0.25, -0.2) is 8.78 Å². The Bertz CT molecular complexity index is 299. The average Bonchev–Trinajstić information content (AvgIpc) is 2.18. The Morgan fingerprint density at radius 1 is 1.36 bits per heavy atom. The van der Waals surface area contributed by atoms with Crippen LogP contribution in [-0.2, 0) is 0 Å². The Morgan fingerprint density at radius 2 is 2.07 bits per heavy atom. The lowest BCUT2D eigenvalue weighted by molar-refractivity contribution is 0.535. The summed E-state index contributed by atoms with van der Waals surface area (Å²) in [5.41, 5.74) is 6.02. The summed E-state index contributed by atoms with van der Waals surface area (Å²) < 4.78 is 26.0. The number of rotatable bonds is 4. The fraction of sp³-hybridized carbons (Fsp3) is 0.455. The van der Waals surface area contributed by atoms with Crippen molar-refractivity contribution in [1.29, 1.82) is 0 Å². The van der Waals surface area contributed by atoms with Crippen LogP contribution in [0.1, 0.15) is 37.8 Å². The molecule has 0 aliphatic heterocycles. The molecule has 3 heteroatoms. The minimum absolute atomic E-state index is 0.276. The highest BCUT2D eigenvalue weighted by Gasteiger charge is 2.11. The molecule has 0 radical (unpaired) electrons. The molecule has 0 bridgehead atoms. The highest BCUT2D eigenvalue weighted by molar-refractivity contribution is 5.21. The van der Waals surface area contributed by atoms with Gasteiger partial charge in [0.1, 0.15) is 11.6 Å². The summed E-state index contributed by atoms with van der Waals surface area (Å²) in [4.78, 5) is 0. The second kappa shape index (κ2) is 5.05.